The van der Waals surface area contributed by atoms with E-state index in [2.05, 4.69) is 30.5 Å². The van der Waals surface area contributed by atoms with E-state index in [1.807, 2.05) is 13.1 Å². The molecule has 2 aliphatic rings. The van der Waals surface area contributed by atoms with E-state index in [9.17, 15) is 8.42 Å². The summed E-state index contributed by atoms with van der Waals surface area (Å²) < 4.78 is 27.1. The number of aromatic nitrogens is 3. The maximum atomic E-state index is 12.8. The number of anilines is 3. The van der Waals surface area contributed by atoms with Crippen LogP contribution in [0.15, 0.2) is 35.6 Å². The molecule has 2 aromatic rings. The summed E-state index contributed by atoms with van der Waals surface area (Å²) in [4.78, 5) is 15.5. The van der Waals surface area contributed by atoms with Gasteiger partial charge in [-0.2, -0.15) is 4.31 Å². The minimum atomic E-state index is -3.45. The van der Waals surface area contributed by atoms with E-state index in [-0.39, 0.29) is 4.90 Å². The van der Waals surface area contributed by atoms with Crippen LogP contribution in [0.1, 0.15) is 32.1 Å². The maximum Gasteiger partial charge on any atom is 0.244 e. The van der Waals surface area contributed by atoms with Crippen LogP contribution in [0, 0.1) is 0 Å². The molecule has 10 heteroatoms. The van der Waals surface area contributed by atoms with Crippen molar-refractivity contribution < 1.29 is 8.42 Å². The third-order valence-electron chi connectivity index (χ3n) is 5.79. The summed E-state index contributed by atoms with van der Waals surface area (Å²) in [6.45, 7) is 2.85. The van der Waals surface area contributed by atoms with Gasteiger partial charge in [-0.3, -0.25) is 0 Å². The van der Waals surface area contributed by atoms with E-state index in [1.165, 1.54) is 6.20 Å². The largest absolute Gasteiger partial charge is 0.373 e. The number of nitrogens with one attached hydrogen (secondary N) is 2. The second kappa shape index (κ2) is 9.13. The molecule has 9 nitrogen and oxygen atoms in total. The molecule has 30 heavy (non-hydrogen) atoms. The summed E-state index contributed by atoms with van der Waals surface area (Å²) in [6.07, 6.45) is 8.14. The van der Waals surface area contributed by atoms with E-state index in [0.29, 0.717) is 31.5 Å². The van der Waals surface area contributed by atoms with Gasteiger partial charge in [-0.25, -0.2) is 23.4 Å². The molecule has 1 atom stereocenters. The first kappa shape index (κ1) is 20.8. The van der Waals surface area contributed by atoms with Crippen molar-refractivity contribution in [3.05, 3.63) is 30.7 Å². The zero-order valence-corrected chi connectivity index (χ0v) is 18.1. The zero-order chi connectivity index (χ0) is 21.0. The molecule has 0 bridgehead atoms. The quantitative estimate of drug-likeness (QED) is 0.688. The van der Waals surface area contributed by atoms with Crippen LogP contribution in [0.5, 0.6) is 0 Å². The van der Waals surface area contributed by atoms with Crippen molar-refractivity contribution in [1.82, 2.24) is 19.3 Å². The fraction of sp³-hybridized carbons (Fsp3) is 0.550. The van der Waals surface area contributed by atoms with Gasteiger partial charge in [0.2, 0.25) is 10.0 Å². The fourth-order valence-corrected chi connectivity index (χ4v) is 5.57. The van der Waals surface area contributed by atoms with Crippen LogP contribution in [0.4, 0.5) is 17.5 Å². The van der Waals surface area contributed by atoms with E-state index in [0.717, 1.165) is 50.3 Å². The Labute approximate surface area is 178 Å². The Morgan fingerprint density at radius 3 is 2.60 bits per heavy atom. The van der Waals surface area contributed by atoms with Gasteiger partial charge in [0, 0.05) is 51.5 Å². The molecule has 0 amide bonds. The van der Waals surface area contributed by atoms with Gasteiger partial charge < -0.3 is 15.5 Å². The first-order chi connectivity index (χ1) is 14.6. The summed E-state index contributed by atoms with van der Waals surface area (Å²) in [5.41, 5.74) is 0. The molecule has 2 fully saturated rings. The number of sulfonamides is 1. The van der Waals surface area contributed by atoms with Crippen molar-refractivity contribution in [2.75, 3.05) is 48.8 Å². The average molecular weight is 432 g/mol. The van der Waals surface area contributed by atoms with Crippen molar-refractivity contribution >= 4 is 27.5 Å². The highest BCUT2D eigenvalue weighted by molar-refractivity contribution is 7.89. The fourth-order valence-electron chi connectivity index (χ4n) is 4.10. The molecule has 2 aromatic heterocycles. The summed E-state index contributed by atoms with van der Waals surface area (Å²) >= 11 is 0. The van der Waals surface area contributed by atoms with Crippen LogP contribution in [-0.4, -0.2) is 66.9 Å². The number of pyridine rings is 1. The van der Waals surface area contributed by atoms with E-state index in [4.69, 9.17) is 0 Å². The van der Waals surface area contributed by atoms with Crippen LogP contribution in [0.25, 0.3) is 0 Å². The predicted octanol–water partition coefficient (Wildman–Crippen LogP) is 2.17. The highest BCUT2D eigenvalue weighted by Gasteiger charge is 2.27. The Hall–Kier alpha value is -2.46. The van der Waals surface area contributed by atoms with Crippen LogP contribution in [0.2, 0.25) is 0 Å². The Morgan fingerprint density at radius 2 is 1.87 bits per heavy atom. The van der Waals surface area contributed by atoms with Gasteiger partial charge in [0.05, 0.1) is 0 Å². The third kappa shape index (κ3) is 4.49. The molecule has 0 radical (unpaired) electrons. The van der Waals surface area contributed by atoms with Crippen LogP contribution < -0.4 is 15.5 Å². The summed E-state index contributed by atoms with van der Waals surface area (Å²) in [5.74, 6) is 2.39. The van der Waals surface area contributed by atoms with Gasteiger partial charge in [0.1, 0.15) is 28.7 Å². The molecular formula is C20H29N7O2S. The number of piperidine rings is 1. The lowest BCUT2D eigenvalue weighted by atomic mass is 10.2. The molecule has 162 valence electrons. The standard InChI is InChI=1S/C20H29N7O2S/c1-21-19-12-20(25-15-24-19)27-11-5-6-16(27)13-22-18-8-7-17(14-23-18)30(28,29)26-9-3-2-4-10-26/h7-8,12,14-16H,2-6,9-11,13H2,1H3,(H,22,23)(H,21,24,25). The molecule has 0 aromatic carbocycles. The average Bonchev–Trinajstić information content (AvgIpc) is 3.27. The first-order valence-corrected chi connectivity index (χ1v) is 12.0. The Morgan fingerprint density at radius 1 is 1.03 bits per heavy atom. The predicted molar refractivity (Wildman–Crippen MR) is 117 cm³/mol. The second-order valence-corrected chi connectivity index (χ2v) is 9.66. The highest BCUT2D eigenvalue weighted by atomic mass is 32.2. The van der Waals surface area contributed by atoms with Crippen LogP contribution in [-0.2, 0) is 10.0 Å². The van der Waals surface area contributed by atoms with Gasteiger partial charge >= 0.3 is 0 Å². The van der Waals surface area contributed by atoms with Gasteiger partial charge in [-0.15, -0.1) is 0 Å². The molecule has 2 N–H and O–H groups in total. The van der Waals surface area contributed by atoms with Gasteiger partial charge in [0.25, 0.3) is 0 Å². The van der Waals surface area contributed by atoms with E-state index >= 15 is 0 Å². The lowest BCUT2D eigenvalue weighted by Gasteiger charge is -2.26. The van der Waals surface area contributed by atoms with E-state index < -0.39 is 10.0 Å². The lowest BCUT2D eigenvalue weighted by Crippen LogP contribution is -2.36. The summed E-state index contributed by atoms with van der Waals surface area (Å²) in [5, 5.41) is 6.40. The topological polar surface area (TPSA) is 103 Å². The molecule has 4 heterocycles. The monoisotopic (exact) mass is 431 g/mol. The molecule has 4 rings (SSSR count). The number of rotatable bonds is 7. The minimum Gasteiger partial charge on any atom is -0.373 e. The smallest absolute Gasteiger partial charge is 0.244 e. The van der Waals surface area contributed by atoms with Crippen molar-refractivity contribution in [1.29, 1.82) is 0 Å². The summed E-state index contributed by atoms with van der Waals surface area (Å²) in [6, 6.07) is 5.65. The van der Waals surface area contributed by atoms with Crippen LogP contribution >= 0.6 is 0 Å². The third-order valence-corrected chi connectivity index (χ3v) is 7.67. The Bertz CT molecular complexity index is 946. The summed E-state index contributed by atoms with van der Waals surface area (Å²) in [7, 11) is -1.60. The van der Waals surface area contributed by atoms with Crippen molar-refractivity contribution in [2.24, 2.45) is 0 Å². The minimum absolute atomic E-state index is 0.262. The molecule has 1 unspecified atom stereocenters. The first-order valence-electron chi connectivity index (χ1n) is 10.5. The highest BCUT2D eigenvalue weighted by Crippen LogP contribution is 2.25. The maximum absolute atomic E-state index is 12.8. The molecule has 0 saturated carbocycles. The van der Waals surface area contributed by atoms with Gasteiger partial charge in [-0.05, 0) is 37.8 Å². The van der Waals surface area contributed by atoms with Crippen molar-refractivity contribution in [3.8, 4) is 0 Å². The zero-order valence-electron chi connectivity index (χ0n) is 17.3. The molecule has 0 spiro atoms. The number of hydrogen-bond donors (Lipinski definition) is 2. The molecule has 0 aliphatic carbocycles. The molecule has 2 aliphatic heterocycles. The number of nitrogens with zero attached hydrogens (tertiary/aromatic N) is 5. The van der Waals surface area contributed by atoms with Crippen LogP contribution in [0.3, 0.4) is 0 Å². The lowest BCUT2D eigenvalue weighted by molar-refractivity contribution is 0.346. The Kier molecular flexibility index (Phi) is 6.33. The SMILES string of the molecule is CNc1cc(N2CCCC2CNc2ccc(S(=O)(=O)N3CCCCC3)cn2)ncn1. The van der Waals surface area contributed by atoms with Gasteiger partial charge in [0.15, 0.2) is 0 Å². The second-order valence-electron chi connectivity index (χ2n) is 7.73. The van der Waals surface area contributed by atoms with Gasteiger partial charge in [-0.1, -0.05) is 6.42 Å². The van der Waals surface area contributed by atoms with Crippen molar-refractivity contribution in [2.45, 2.75) is 43.0 Å². The number of hydrogen-bond acceptors (Lipinski definition) is 8. The van der Waals surface area contributed by atoms with E-state index in [1.54, 1.807) is 22.8 Å². The van der Waals surface area contributed by atoms with Crippen molar-refractivity contribution in [3.63, 3.8) is 0 Å². The molecule has 2 saturated heterocycles. The normalized spacial score (nSPS) is 20.3. The Balaban J connectivity index is 1.39. The molecular weight excluding hydrogens is 402 g/mol.